The predicted molar refractivity (Wildman–Crippen MR) is 126 cm³/mol. The molecule has 1 saturated heterocycles. The van der Waals surface area contributed by atoms with Crippen molar-refractivity contribution in [1.82, 2.24) is 20.1 Å². The molecule has 5 rings (SSSR count). The number of nitrogens with zero attached hydrogens (tertiary/aromatic N) is 4. The van der Waals surface area contributed by atoms with Gasteiger partial charge in [-0.15, -0.1) is 10.2 Å². The van der Waals surface area contributed by atoms with Crippen LogP contribution in [0.4, 0.5) is 5.69 Å². The number of carbonyl (C=O) groups excluding carboxylic acids is 1. The van der Waals surface area contributed by atoms with Crippen LogP contribution in [0.3, 0.4) is 0 Å². The van der Waals surface area contributed by atoms with E-state index >= 15 is 0 Å². The highest BCUT2D eigenvalue weighted by molar-refractivity contribution is 5.94. The Morgan fingerprint density at radius 2 is 1.69 bits per heavy atom. The van der Waals surface area contributed by atoms with Gasteiger partial charge in [-0.2, -0.15) is 0 Å². The Hall–Kier alpha value is -3.15. The normalized spacial score (nSPS) is 18.2. The van der Waals surface area contributed by atoms with Crippen molar-refractivity contribution in [2.75, 3.05) is 18.0 Å². The van der Waals surface area contributed by atoms with Crippen molar-refractivity contribution in [2.24, 2.45) is 0 Å². The maximum absolute atomic E-state index is 12.8. The number of benzene rings is 2. The molecule has 3 aromatic rings. The molecule has 1 amide bonds. The maximum Gasteiger partial charge on any atom is 0.251 e. The quantitative estimate of drug-likeness (QED) is 0.647. The second-order valence-corrected chi connectivity index (χ2v) is 8.91. The standard InChI is InChI=1S/C26H31N5O/c32-26(21-9-12-23(13-10-21)30-17-4-5-18-30)27-22-11-15-25-29-28-24(31(25)19-16-22)14-8-20-6-2-1-3-7-20/h1-3,6-7,9-10,12-13,22H,4-5,8,11,14-19H2,(H,27,32). The van der Waals surface area contributed by atoms with E-state index in [4.69, 9.17) is 0 Å². The average Bonchev–Trinajstić information content (AvgIpc) is 3.46. The minimum Gasteiger partial charge on any atom is -0.372 e. The highest BCUT2D eigenvalue weighted by Crippen LogP contribution is 2.21. The molecule has 0 saturated carbocycles. The summed E-state index contributed by atoms with van der Waals surface area (Å²) in [5, 5.41) is 12.1. The monoisotopic (exact) mass is 429 g/mol. The molecule has 166 valence electrons. The summed E-state index contributed by atoms with van der Waals surface area (Å²) in [4.78, 5) is 15.2. The first-order chi connectivity index (χ1) is 15.8. The number of hydrogen-bond acceptors (Lipinski definition) is 4. The first-order valence-corrected chi connectivity index (χ1v) is 11.9. The van der Waals surface area contributed by atoms with Crippen LogP contribution in [-0.4, -0.2) is 39.8 Å². The van der Waals surface area contributed by atoms with Gasteiger partial charge in [-0.05, 0) is 61.9 Å². The lowest BCUT2D eigenvalue weighted by Crippen LogP contribution is -2.35. The summed E-state index contributed by atoms with van der Waals surface area (Å²) in [6.45, 7) is 3.08. The van der Waals surface area contributed by atoms with Gasteiger partial charge in [0.25, 0.3) is 5.91 Å². The van der Waals surface area contributed by atoms with E-state index in [0.717, 1.165) is 69.0 Å². The van der Waals surface area contributed by atoms with Crippen molar-refractivity contribution < 1.29 is 4.79 Å². The summed E-state index contributed by atoms with van der Waals surface area (Å²) in [6, 6.07) is 18.7. The molecular formula is C26H31N5O. The molecule has 0 radical (unpaired) electrons. The van der Waals surface area contributed by atoms with E-state index in [2.05, 4.69) is 61.4 Å². The van der Waals surface area contributed by atoms with Crippen LogP contribution >= 0.6 is 0 Å². The van der Waals surface area contributed by atoms with Gasteiger partial charge in [-0.1, -0.05) is 30.3 Å². The molecular weight excluding hydrogens is 398 g/mol. The van der Waals surface area contributed by atoms with Crippen LogP contribution in [-0.2, 0) is 25.8 Å². The van der Waals surface area contributed by atoms with Gasteiger partial charge in [-0.3, -0.25) is 4.79 Å². The van der Waals surface area contributed by atoms with Gasteiger partial charge in [0, 0.05) is 49.8 Å². The van der Waals surface area contributed by atoms with Gasteiger partial charge >= 0.3 is 0 Å². The van der Waals surface area contributed by atoms with Gasteiger partial charge in [-0.25, -0.2) is 0 Å². The van der Waals surface area contributed by atoms with E-state index in [1.807, 2.05) is 18.2 Å². The van der Waals surface area contributed by atoms with Crippen LogP contribution in [0.2, 0.25) is 0 Å². The molecule has 1 fully saturated rings. The predicted octanol–water partition coefficient (Wildman–Crippen LogP) is 3.80. The Morgan fingerprint density at radius 3 is 2.47 bits per heavy atom. The molecule has 0 spiro atoms. The summed E-state index contributed by atoms with van der Waals surface area (Å²) < 4.78 is 2.26. The highest BCUT2D eigenvalue weighted by Gasteiger charge is 2.22. The average molecular weight is 430 g/mol. The number of rotatable bonds is 6. The van der Waals surface area contributed by atoms with Gasteiger partial charge in [0.15, 0.2) is 0 Å². The third-order valence-corrected chi connectivity index (χ3v) is 6.74. The molecule has 32 heavy (non-hydrogen) atoms. The zero-order valence-corrected chi connectivity index (χ0v) is 18.5. The van der Waals surface area contributed by atoms with Crippen molar-refractivity contribution >= 4 is 11.6 Å². The molecule has 2 aromatic carbocycles. The van der Waals surface area contributed by atoms with Crippen LogP contribution in [0, 0.1) is 0 Å². The van der Waals surface area contributed by atoms with Gasteiger partial charge in [0.2, 0.25) is 0 Å². The molecule has 2 aliphatic heterocycles. The molecule has 1 unspecified atom stereocenters. The van der Waals surface area contributed by atoms with Crippen LogP contribution in [0.15, 0.2) is 54.6 Å². The van der Waals surface area contributed by atoms with Crippen molar-refractivity contribution in [3.8, 4) is 0 Å². The molecule has 6 heteroatoms. The van der Waals surface area contributed by atoms with E-state index in [1.165, 1.54) is 24.1 Å². The SMILES string of the molecule is O=C(NC1CCc2nnc(CCc3ccccc3)n2CC1)c1ccc(N2CCCC2)cc1. The Bertz CT molecular complexity index is 1040. The Balaban J connectivity index is 1.17. The van der Waals surface area contributed by atoms with Crippen LogP contribution in [0.1, 0.15) is 53.3 Å². The van der Waals surface area contributed by atoms with Crippen molar-refractivity contribution in [3.05, 3.63) is 77.4 Å². The molecule has 0 bridgehead atoms. The third kappa shape index (κ3) is 4.69. The Labute approximate surface area is 189 Å². The van der Waals surface area contributed by atoms with E-state index < -0.39 is 0 Å². The fraction of sp³-hybridized carbons (Fsp3) is 0.423. The van der Waals surface area contributed by atoms with Crippen molar-refractivity contribution in [3.63, 3.8) is 0 Å². The number of hydrogen-bond donors (Lipinski definition) is 1. The fourth-order valence-electron chi connectivity index (χ4n) is 4.85. The lowest BCUT2D eigenvalue weighted by Gasteiger charge is -2.19. The van der Waals surface area contributed by atoms with Gasteiger partial charge in [0.05, 0.1) is 0 Å². The van der Waals surface area contributed by atoms with Crippen molar-refractivity contribution in [2.45, 2.75) is 57.5 Å². The van der Waals surface area contributed by atoms with E-state index in [0.29, 0.717) is 0 Å². The first kappa shape index (κ1) is 20.7. The second-order valence-electron chi connectivity index (χ2n) is 8.91. The maximum atomic E-state index is 12.8. The largest absolute Gasteiger partial charge is 0.372 e. The summed E-state index contributed by atoms with van der Waals surface area (Å²) in [7, 11) is 0. The number of aromatic nitrogens is 3. The minimum absolute atomic E-state index is 0.0185. The number of fused-ring (bicyclic) bond motifs is 1. The number of anilines is 1. The molecule has 3 heterocycles. The summed E-state index contributed by atoms with van der Waals surface area (Å²) in [5.41, 5.74) is 3.27. The smallest absolute Gasteiger partial charge is 0.251 e. The molecule has 1 atom stereocenters. The Morgan fingerprint density at radius 1 is 0.906 bits per heavy atom. The number of nitrogens with one attached hydrogen (secondary N) is 1. The molecule has 0 aliphatic carbocycles. The molecule has 6 nitrogen and oxygen atoms in total. The topological polar surface area (TPSA) is 63.1 Å². The van der Waals surface area contributed by atoms with Gasteiger partial charge < -0.3 is 14.8 Å². The zero-order valence-electron chi connectivity index (χ0n) is 18.5. The van der Waals surface area contributed by atoms with Crippen LogP contribution < -0.4 is 10.2 Å². The Kier molecular flexibility index (Phi) is 6.19. The lowest BCUT2D eigenvalue weighted by molar-refractivity contribution is 0.0933. The van der Waals surface area contributed by atoms with Gasteiger partial charge in [0.1, 0.15) is 11.6 Å². The minimum atomic E-state index is 0.0185. The number of carbonyl (C=O) groups is 1. The summed E-state index contributed by atoms with van der Waals surface area (Å²) in [5.74, 6) is 2.11. The molecule has 2 aliphatic rings. The fourth-order valence-corrected chi connectivity index (χ4v) is 4.85. The van der Waals surface area contributed by atoms with E-state index in [9.17, 15) is 4.79 Å². The van der Waals surface area contributed by atoms with Crippen LogP contribution in [0.5, 0.6) is 0 Å². The first-order valence-electron chi connectivity index (χ1n) is 11.9. The zero-order chi connectivity index (χ0) is 21.8. The van der Waals surface area contributed by atoms with E-state index in [-0.39, 0.29) is 11.9 Å². The second kappa shape index (κ2) is 9.55. The molecule has 1 aromatic heterocycles. The number of aryl methyl sites for hydroxylation is 3. The molecule has 1 N–H and O–H groups in total. The summed E-state index contributed by atoms with van der Waals surface area (Å²) >= 11 is 0. The van der Waals surface area contributed by atoms with E-state index in [1.54, 1.807) is 0 Å². The highest BCUT2D eigenvalue weighted by atomic mass is 16.1. The van der Waals surface area contributed by atoms with Crippen LogP contribution in [0.25, 0.3) is 0 Å². The summed E-state index contributed by atoms with van der Waals surface area (Å²) in [6.07, 6.45) is 7.01. The lowest BCUT2D eigenvalue weighted by atomic mass is 10.1. The third-order valence-electron chi connectivity index (χ3n) is 6.74. The number of amides is 1. The van der Waals surface area contributed by atoms with Crippen molar-refractivity contribution in [1.29, 1.82) is 0 Å².